The van der Waals surface area contributed by atoms with Crippen LogP contribution in [0.25, 0.3) is 0 Å². The van der Waals surface area contributed by atoms with Gasteiger partial charge in [-0.1, -0.05) is 27.7 Å². The van der Waals surface area contributed by atoms with Gasteiger partial charge in [-0.15, -0.1) is 0 Å². The van der Waals surface area contributed by atoms with Gasteiger partial charge < -0.3 is 5.32 Å². The van der Waals surface area contributed by atoms with E-state index in [0.29, 0.717) is 11.7 Å². The van der Waals surface area contributed by atoms with Crippen LogP contribution in [0.15, 0.2) is 0 Å². The zero-order valence-electron chi connectivity index (χ0n) is 10.4. The molecule has 88 valence electrons. The summed E-state index contributed by atoms with van der Waals surface area (Å²) in [5, 5.41) is 3.31. The molecule has 0 bridgehead atoms. The second kappa shape index (κ2) is 5.61. The minimum absolute atomic E-state index is 0.0983. The van der Waals surface area contributed by atoms with Crippen LogP contribution in [0.1, 0.15) is 27.7 Å². The normalized spacial score (nSPS) is 23.7. The molecule has 1 aliphatic rings. The molecule has 1 aliphatic heterocycles. The lowest BCUT2D eigenvalue weighted by Gasteiger charge is -2.37. The summed E-state index contributed by atoms with van der Waals surface area (Å²) in [7, 11) is 0. The third kappa shape index (κ3) is 3.58. The molecule has 3 nitrogen and oxygen atoms in total. The molecule has 0 unspecified atom stereocenters. The van der Waals surface area contributed by atoms with Crippen molar-refractivity contribution in [2.75, 3.05) is 26.2 Å². The first kappa shape index (κ1) is 12.7. The number of nitrogens with one attached hydrogen (secondary N) is 1. The summed E-state index contributed by atoms with van der Waals surface area (Å²) < 4.78 is 0. The number of rotatable bonds is 4. The number of ketones is 1. The Morgan fingerprint density at radius 3 is 2.60 bits per heavy atom. The lowest BCUT2D eigenvalue weighted by molar-refractivity contribution is -0.128. The predicted molar refractivity (Wildman–Crippen MR) is 62.9 cm³/mol. The maximum Gasteiger partial charge on any atom is 0.153 e. The second-order valence-electron chi connectivity index (χ2n) is 5.17. The molecule has 1 rings (SSSR count). The predicted octanol–water partition coefficient (Wildman–Crippen LogP) is 1.14. The van der Waals surface area contributed by atoms with Crippen molar-refractivity contribution in [1.82, 2.24) is 10.2 Å². The van der Waals surface area contributed by atoms with E-state index in [4.69, 9.17) is 0 Å². The molecule has 0 radical (unpaired) electrons. The molecule has 1 fully saturated rings. The van der Waals surface area contributed by atoms with Gasteiger partial charge in [0.25, 0.3) is 0 Å². The van der Waals surface area contributed by atoms with Gasteiger partial charge in [0.1, 0.15) is 0 Å². The Balaban J connectivity index is 2.61. The maximum absolute atomic E-state index is 12.0. The zero-order chi connectivity index (χ0) is 11.4. The van der Waals surface area contributed by atoms with Crippen LogP contribution in [0.2, 0.25) is 0 Å². The summed E-state index contributed by atoms with van der Waals surface area (Å²) in [6.07, 6.45) is 0. The summed E-state index contributed by atoms with van der Waals surface area (Å²) in [6.45, 7) is 12.3. The molecule has 1 saturated heterocycles. The number of carbonyl (C=O) groups excluding carboxylic acids is 1. The Kier molecular flexibility index (Phi) is 4.74. The van der Waals surface area contributed by atoms with Gasteiger partial charge in [0.05, 0.1) is 6.04 Å². The van der Waals surface area contributed by atoms with Gasteiger partial charge in [0, 0.05) is 32.1 Å². The molecule has 0 aromatic carbocycles. The smallest absolute Gasteiger partial charge is 0.153 e. The number of Topliss-reactive ketones (excluding diaryl/α,β-unsaturated/α-hetero) is 1. The van der Waals surface area contributed by atoms with Gasteiger partial charge in [-0.2, -0.15) is 0 Å². The minimum atomic E-state index is 0.0983. The van der Waals surface area contributed by atoms with E-state index in [1.165, 1.54) is 0 Å². The fourth-order valence-electron chi connectivity index (χ4n) is 2.10. The molecule has 0 amide bonds. The summed E-state index contributed by atoms with van der Waals surface area (Å²) in [6, 6.07) is 0.0983. The first-order chi connectivity index (χ1) is 7.02. The van der Waals surface area contributed by atoms with E-state index < -0.39 is 0 Å². The third-order valence-electron chi connectivity index (χ3n) is 2.85. The highest BCUT2D eigenvalue weighted by Crippen LogP contribution is 2.12. The van der Waals surface area contributed by atoms with E-state index in [9.17, 15) is 4.79 Å². The summed E-state index contributed by atoms with van der Waals surface area (Å²) in [5.74, 6) is 1.15. The number of piperazine rings is 1. The average molecular weight is 212 g/mol. The first-order valence-corrected chi connectivity index (χ1v) is 6.01. The van der Waals surface area contributed by atoms with Crippen LogP contribution in [-0.4, -0.2) is 42.9 Å². The van der Waals surface area contributed by atoms with Crippen molar-refractivity contribution in [3.05, 3.63) is 0 Å². The zero-order valence-corrected chi connectivity index (χ0v) is 10.4. The van der Waals surface area contributed by atoms with Crippen LogP contribution in [0, 0.1) is 11.8 Å². The molecule has 0 saturated carbocycles. The molecule has 0 aromatic rings. The summed E-state index contributed by atoms with van der Waals surface area (Å²) in [5.41, 5.74) is 0. The fraction of sp³-hybridized carbons (Fsp3) is 0.917. The Bertz CT molecular complexity index is 214. The van der Waals surface area contributed by atoms with Gasteiger partial charge in [0.15, 0.2) is 5.78 Å². The van der Waals surface area contributed by atoms with Gasteiger partial charge in [-0.25, -0.2) is 0 Å². The van der Waals surface area contributed by atoms with Crippen molar-refractivity contribution < 1.29 is 4.79 Å². The largest absolute Gasteiger partial charge is 0.313 e. The van der Waals surface area contributed by atoms with Gasteiger partial charge in [0.2, 0.25) is 0 Å². The molecular formula is C12H24N2O. The van der Waals surface area contributed by atoms with Crippen molar-refractivity contribution in [3.8, 4) is 0 Å². The van der Waals surface area contributed by atoms with Crippen molar-refractivity contribution in [3.63, 3.8) is 0 Å². The van der Waals surface area contributed by atoms with Crippen molar-refractivity contribution in [1.29, 1.82) is 0 Å². The average Bonchev–Trinajstić information content (AvgIpc) is 2.16. The van der Waals surface area contributed by atoms with Crippen LogP contribution in [0.3, 0.4) is 0 Å². The van der Waals surface area contributed by atoms with E-state index in [1.807, 2.05) is 13.8 Å². The molecule has 3 heteroatoms. The van der Waals surface area contributed by atoms with E-state index in [2.05, 4.69) is 24.1 Å². The van der Waals surface area contributed by atoms with E-state index >= 15 is 0 Å². The Hall–Kier alpha value is -0.410. The first-order valence-electron chi connectivity index (χ1n) is 6.01. The molecule has 1 N–H and O–H groups in total. The number of carbonyl (C=O) groups is 1. The van der Waals surface area contributed by atoms with Crippen molar-refractivity contribution in [2.24, 2.45) is 11.8 Å². The third-order valence-corrected chi connectivity index (χ3v) is 2.85. The molecule has 0 spiro atoms. The summed E-state index contributed by atoms with van der Waals surface area (Å²) >= 11 is 0. The van der Waals surface area contributed by atoms with E-state index in [1.54, 1.807) is 0 Å². The molecule has 1 heterocycles. The highest BCUT2D eigenvalue weighted by atomic mass is 16.1. The van der Waals surface area contributed by atoms with Crippen LogP contribution >= 0.6 is 0 Å². The highest BCUT2D eigenvalue weighted by molar-refractivity contribution is 5.86. The van der Waals surface area contributed by atoms with Gasteiger partial charge in [-0.05, 0) is 5.92 Å². The number of hydrogen-bond donors (Lipinski definition) is 1. The Morgan fingerprint density at radius 2 is 2.07 bits per heavy atom. The van der Waals surface area contributed by atoms with E-state index in [-0.39, 0.29) is 12.0 Å². The van der Waals surface area contributed by atoms with Crippen LogP contribution in [-0.2, 0) is 4.79 Å². The lowest BCUT2D eigenvalue weighted by Crippen LogP contribution is -2.56. The molecule has 15 heavy (non-hydrogen) atoms. The van der Waals surface area contributed by atoms with Crippen molar-refractivity contribution in [2.45, 2.75) is 33.7 Å². The highest BCUT2D eigenvalue weighted by Gasteiger charge is 2.29. The van der Waals surface area contributed by atoms with Crippen molar-refractivity contribution >= 4 is 5.78 Å². The molecular weight excluding hydrogens is 188 g/mol. The standard InChI is InChI=1S/C12H24N2O/c1-9(2)8-14-6-5-13-7-11(14)12(15)10(3)4/h9-11,13H,5-8H2,1-4H3/t11-/m0/s1. The summed E-state index contributed by atoms with van der Waals surface area (Å²) in [4.78, 5) is 14.3. The Labute approximate surface area is 93.2 Å². The topological polar surface area (TPSA) is 32.3 Å². The second-order valence-corrected chi connectivity index (χ2v) is 5.17. The lowest BCUT2D eigenvalue weighted by atomic mass is 9.98. The number of nitrogens with zero attached hydrogens (tertiary/aromatic N) is 1. The van der Waals surface area contributed by atoms with Crippen LogP contribution in [0.4, 0.5) is 0 Å². The van der Waals surface area contributed by atoms with Crippen LogP contribution < -0.4 is 5.32 Å². The Morgan fingerprint density at radius 1 is 1.40 bits per heavy atom. The monoisotopic (exact) mass is 212 g/mol. The van der Waals surface area contributed by atoms with Crippen LogP contribution in [0.5, 0.6) is 0 Å². The maximum atomic E-state index is 12.0. The SMILES string of the molecule is CC(C)CN1CCNC[C@H]1C(=O)C(C)C. The quantitative estimate of drug-likeness (QED) is 0.758. The van der Waals surface area contributed by atoms with Gasteiger partial charge >= 0.3 is 0 Å². The number of hydrogen-bond acceptors (Lipinski definition) is 3. The van der Waals surface area contributed by atoms with E-state index in [0.717, 1.165) is 26.2 Å². The van der Waals surface area contributed by atoms with Gasteiger partial charge in [-0.3, -0.25) is 9.69 Å². The molecule has 0 aliphatic carbocycles. The molecule has 0 aromatic heterocycles. The molecule has 1 atom stereocenters. The minimum Gasteiger partial charge on any atom is -0.313 e. The fourth-order valence-corrected chi connectivity index (χ4v) is 2.10.